The molecule has 1 N–H and O–H groups in total. The highest BCUT2D eigenvalue weighted by Gasteiger charge is 2.43. The molecule has 6 rings (SSSR count). The second kappa shape index (κ2) is 8.99. The molecule has 3 atom stereocenters. The molecule has 1 aromatic carbocycles. The molecule has 34 heavy (non-hydrogen) atoms. The van der Waals surface area contributed by atoms with Crippen molar-refractivity contribution in [2.75, 3.05) is 13.1 Å². The van der Waals surface area contributed by atoms with Gasteiger partial charge in [0.05, 0.1) is 0 Å². The maximum atomic E-state index is 12.9. The molecule has 7 heteroatoms. The molecular weight excluding hydrogens is 430 g/mol. The lowest BCUT2D eigenvalue weighted by Gasteiger charge is -2.48. The number of imide groups is 1. The van der Waals surface area contributed by atoms with Crippen LogP contribution in [0.2, 0.25) is 0 Å². The number of amides is 3. The molecule has 3 unspecified atom stereocenters. The fourth-order valence-electron chi connectivity index (χ4n) is 6.98. The Hall–Kier alpha value is -2.41. The lowest BCUT2D eigenvalue weighted by Crippen LogP contribution is -2.57. The molecule has 5 aliphatic rings. The van der Waals surface area contributed by atoms with Crippen molar-refractivity contribution in [3.05, 3.63) is 29.3 Å². The van der Waals surface area contributed by atoms with Gasteiger partial charge in [-0.05, 0) is 61.3 Å². The van der Waals surface area contributed by atoms with Gasteiger partial charge in [-0.3, -0.25) is 24.6 Å². The minimum atomic E-state index is -0.579. The van der Waals surface area contributed by atoms with Crippen molar-refractivity contribution in [3.63, 3.8) is 0 Å². The van der Waals surface area contributed by atoms with Crippen molar-refractivity contribution >= 4 is 17.7 Å². The zero-order valence-corrected chi connectivity index (χ0v) is 19.8. The zero-order valence-electron chi connectivity index (χ0n) is 19.8. The van der Waals surface area contributed by atoms with E-state index in [4.69, 9.17) is 4.74 Å². The molecule has 2 saturated heterocycles. The van der Waals surface area contributed by atoms with Gasteiger partial charge in [-0.1, -0.05) is 32.1 Å². The highest BCUT2D eigenvalue weighted by atomic mass is 16.5. The van der Waals surface area contributed by atoms with E-state index in [2.05, 4.69) is 10.2 Å². The molecule has 0 radical (unpaired) electrons. The SMILES string of the molecule is O=C1CCC(N2Cc3cc(OC4CCCC4N4CC(C5CCCCC5)C4)ccc3C2=O)C(=O)N1. The second-order valence-corrected chi connectivity index (χ2v) is 11.0. The Morgan fingerprint density at radius 1 is 0.882 bits per heavy atom. The van der Waals surface area contributed by atoms with E-state index in [1.807, 2.05) is 18.2 Å². The van der Waals surface area contributed by atoms with Gasteiger partial charge >= 0.3 is 0 Å². The largest absolute Gasteiger partial charge is 0.489 e. The quantitative estimate of drug-likeness (QED) is 0.676. The van der Waals surface area contributed by atoms with Crippen LogP contribution in [0.5, 0.6) is 5.75 Å². The number of carbonyl (C=O) groups excluding carboxylic acids is 3. The number of ether oxygens (including phenoxy) is 1. The zero-order chi connectivity index (χ0) is 23.2. The van der Waals surface area contributed by atoms with Crippen LogP contribution in [-0.4, -0.2) is 58.8 Å². The van der Waals surface area contributed by atoms with Gasteiger partial charge in [0.15, 0.2) is 0 Å². The summed E-state index contributed by atoms with van der Waals surface area (Å²) in [7, 11) is 0. The molecule has 0 bridgehead atoms. The second-order valence-electron chi connectivity index (χ2n) is 11.0. The van der Waals surface area contributed by atoms with E-state index in [1.54, 1.807) is 4.90 Å². The molecule has 3 aliphatic heterocycles. The highest BCUT2D eigenvalue weighted by molar-refractivity contribution is 6.05. The van der Waals surface area contributed by atoms with Crippen LogP contribution in [0.3, 0.4) is 0 Å². The Balaban J connectivity index is 1.08. The highest BCUT2D eigenvalue weighted by Crippen LogP contribution is 2.39. The summed E-state index contributed by atoms with van der Waals surface area (Å²) in [6, 6.07) is 5.64. The minimum absolute atomic E-state index is 0.135. The van der Waals surface area contributed by atoms with Crippen LogP contribution in [0.15, 0.2) is 18.2 Å². The normalized spacial score (nSPS) is 30.9. The Morgan fingerprint density at radius 2 is 1.71 bits per heavy atom. The Bertz CT molecular complexity index is 982. The molecular formula is C27H35N3O4. The van der Waals surface area contributed by atoms with E-state index in [-0.39, 0.29) is 30.2 Å². The maximum Gasteiger partial charge on any atom is 0.255 e. The van der Waals surface area contributed by atoms with Crippen molar-refractivity contribution in [3.8, 4) is 5.75 Å². The Morgan fingerprint density at radius 3 is 2.50 bits per heavy atom. The lowest BCUT2D eigenvalue weighted by atomic mass is 9.76. The van der Waals surface area contributed by atoms with Gasteiger partial charge in [-0.15, -0.1) is 0 Å². The summed E-state index contributed by atoms with van der Waals surface area (Å²) in [6.07, 6.45) is 11.4. The third-order valence-corrected chi connectivity index (χ3v) is 8.92. The summed E-state index contributed by atoms with van der Waals surface area (Å²) < 4.78 is 6.51. The van der Waals surface area contributed by atoms with Gasteiger partial charge in [-0.2, -0.15) is 0 Å². The first-order valence-electron chi connectivity index (χ1n) is 13.2. The van der Waals surface area contributed by atoms with Gasteiger partial charge in [0.2, 0.25) is 11.8 Å². The molecule has 0 aromatic heterocycles. The van der Waals surface area contributed by atoms with E-state index in [9.17, 15) is 14.4 Å². The molecule has 0 spiro atoms. The van der Waals surface area contributed by atoms with Crippen LogP contribution in [0.4, 0.5) is 0 Å². The number of carbonyl (C=O) groups is 3. The van der Waals surface area contributed by atoms with E-state index in [0.29, 0.717) is 24.6 Å². The summed E-state index contributed by atoms with van der Waals surface area (Å²) in [6.45, 7) is 2.85. The summed E-state index contributed by atoms with van der Waals surface area (Å²) in [5.74, 6) is 1.86. The molecule has 2 aliphatic carbocycles. The van der Waals surface area contributed by atoms with Gasteiger partial charge in [0.1, 0.15) is 17.9 Å². The van der Waals surface area contributed by atoms with Crippen LogP contribution < -0.4 is 10.1 Å². The summed E-state index contributed by atoms with van der Waals surface area (Å²) >= 11 is 0. The van der Waals surface area contributed by atoms with Gasteiger partial charge in [0, 0.05) is 37.7 Å². The minimum Gasteiger partial charge on any atom is -0.489 e. The van der Waals surface area contributed by atoms with Crippen molar-refractivity contribution < 1.29 is 19.1 Å². The number of nitrogens with one attached hydrogen (secondary N) is 1. The molecule has 7 nitrogen and oxygen atoms in total. The van der Waals surface area contributed by atoms with E-state index >= 15 is 0 Å². The molecule has 3 heterocycles. The number of likely N-dealkylation sites (tertiary alicyclic amines) is 1. The maximum absolute atomic E-state index is 12.9. The molecule has 4 fully saturated rings. The summed E-state index contributed by atoms with van der Waals surface area (Å²) in [4.78, 5) is 41.0. The number of piperidine rings is 1. The number of rotatable bonds is 5. The van der Waals surface area contributed by atoms with Crippen LogP contribution in [0, 0.1) is 11.8 Å². The molecule has 3 amide bonds. The average Bonchev–Trinajstić information content (AvgIpc) is 3.38. The topological polar surface area (TPSA) is 79.0 Å². The fraction of sp³-hybridized carbons (Fsp3) is 0.667. The number of benzene rings is 1. The lowest BCUT2D eigenvalue weighted by molar-refractivity contribution is -0.136. The monoisotopic (exact) mass is 465 g/mol. The van der Waals surface area contributed by atoms with E-state index < -0.39 is 6.04 Å². The smallest absolute Gasteiger partial charge is 0.255 e. The van der Waals surface area contributed by atoms with Gasteiger partial charge in [-0.25, -0.2) is 0 Å². The first-order valence-corrected chi connectivity index (χ1v) is 13.2. The predicted octanol–water partition coefficient (Wildman–Crippen LogP) is 3.26. The standard InChI is InChI=1S/C27H35N3O4/c31-25-12-11-23(26(32)28-25)30-16-18-13-20(9-10-21(18)27(30)33)34-24-8-4-7-22(24)29-14-19(15-29)17-5-2-1-3-6-17/h9-10,13,17,19,22-24H,1-8,11-12,14-16H2,(H,28,31,32). The average molecular weight is 466 g/mol. The van der Waals surface area contributed by atoms with Crippen molar-refractivity contribution in [2.24, 2.45) is 11.8 Å². The van der Waals surface area contributed by atoms with Crippen LogP contribution in [0.25, 0.3) is 0 Å². The Kier molecular flexibility index (Phi) is 5.84. The van der Waals surface area contributed by atoms with Gasteiger partial charge in [0.25, 0.3) is 5.91 Å². The third-order valence-electron chi connectivity index (χ3n) is 8.92. The van der Waals surface area contributed by atoms with E-state index in [1.165, 1.54) is 58.0 Å². The molecule has 2 saturated carbocycles. The van der Waals surface area contributed by atoms with Crippen LogP contribution in [0.1, 0.15) is 80.1 Å². The number of hydrogen-bond acceptors (Lipinski definition) is 5. The van der Waals surface area contributed by atoms with Crippen molar-refractivity contribution in [1.29, 1.82) is 0 Å². The first-order chi connectivity index (χ1) is 16.6. The van der Waals surface area contributed by atoms with Crippen molar-refractivity contribution in [1.82, 2.24) is 15.1 Å². The first kappa shape index (κ1) is 22.1. The fourth-order valence-corrected chi connectivity index (χ4v) is 6.98. The Labute approximate surface area is 201 Å². The van der Waals surface area contributed by atoms with Crippen LogP contribution >= 0.6 is 0 Å². The predicted molar refractivity (Wildman–Crippen MR) is 126 cm³/mol. The number of hydrogen-bond donors (Lipinski definition) is 1. The molecule has 182 valence electrons. The van der Waals surface area contributed by atoms with E-state index in [0.717, 1.165) is 29.6 Å². The number of fused-ring (bicyclic) bond motifs is 1. The summed E-state index contributed by atoms with van der Waals surface area (Å²) in [5.41, 5.74) is 1.54. The third kappa shape index (κ3) is 4.02. The molecule has 1 aromatic rings. The van der Waals surface area contributed by atoms with Crippen molar-refractivity contribution in [2.45, 2.75) is 88.9 Å². The van der Waals surface area contributed by atoms with Gasteiger partial charge < -0.3 is 9.64 Å². The summed E-state index contributed by atoms with van der Waals surface area (Å²) in [5, 5.41) is 2.36. The van der Waals surface area contributed by atoms with Crippen LogP contribution in [-0.2, 0) is 16.1 Å². The number of nitrogens with zero attached hydrogens (tertiary/aromatic N) is 2.